The number of nitrogens with one attached hydrogen (secondary N) is 2. The minimum absolute atomic E-state index is 0.207. The van der Waals surface area contributed by atoms with Gasteiger partial charge in [-0.05, 0) is 43.0 Å². The number of hydrogen-bond acceptors (Lipinski definition) is 4. The first kappa shape index (κ1) is 22.6. The summed E-state index contributed by atoms with van der Waals surface area (Å²) in [4.78, 5) is 12.6. The average molecular weight is 431 g/mol. The van der Waals surface area contributed by atoms with Gasteiger partial charge in [-0.15, -0.1) is 0 Å². The van der Waals surface area contributed by atoms with Crippen LogP contribution in [0.1, 0.15) is 46.6 Å². The van der Waals surface area contributed by atoms with Gasteiger partial charge < -0.3 is 9.84 Å². The van der Waals surface area contributed by atoms with Crippen molar-refractivity contribution < 1.29 is 22.5 Å². The van der Waals surface area contributed by atoms with Crippen molar-refractivity contribution in [1.82, 2.24) is 15.8 Å². The Morgan fingerprint density at radius 3 is 2.32 bits per heavy atom. The number of likely N-dealkylation sites (N-methyl/N-ethyl adjacent to an activating group) is 1. The fourth-order valence-corrected chi connectivity index (χ4v) is 3.34. The number of hydrogen-bond donors (Lipinski definition) is 2. The maximum atomic E-state index is 12.8. The third-order valence-corrected chi connectivity index (χ3v) is 5.00. The van der Waals surface area contributed by atoms with Crippen molar-refractivity contribution in [2.45, 2.75) is 38.0 Å². The molecule has 1 aromatic heterocycles. The molecular formula is C23H24F3N3O2. The Morgan fingerprint density at radius 2 is 1.77 bits per heavy atom. The molecule has 1 amide bonds. The maximum Gasteiger partial charge on any atom is 0.416 e. The second kappa shape index (κ2) is 9.78. The van der Waals surface area contributed by atoms with Gasteiger partial charge in [-0.2, -0.15) is 13.2 Å². The summed E-state index contributed by atoms with van der Waals surface area (Å²) in [6, 6.07) is 15.2. The molecule has 0 radical (unpaired) electrons. The number of aryl methyl sites for hydroxylation is 2. The Labute approximate surface area is 178 Å². The molecule has 2 N–H and O–H groups in total. The molecule has 0 unspecified atom stereocenters. The standard InChI is InChI=1S/C23H24F3N3O2/c1-15-14-20(31-29-15)19(13-10-16-8-11-18(12-9-16)23(24,25)26)28-21(22(30)27-2)17-6-4-3-5-7-17/h3-9,11-12,14,19,21,28H,10,13H2,1-2H3,(H,27,30)/t19-,21-/m0/s1. The van der Waals surface area contributed by atoms with Crippen molar-refractivity contribution in [2.75, 3.05) is 7.05 Å². The van der Waals surface area contributed by atoms with Crippen LogP contribution in [0.5, 0.6) is 0 Å². The minimum atomic E-state index is -4.36. The quantitative estimate of drug-likeness (QED) is 0.540. The van der Waals surface area contributed by atoms with Crippen molar-refractivity contribution in [3.05, 3.63) is 88.8 Å². The van der Waals surface area contributed by atoms with Crippen LogP contribution in [-0.4, -0.2) is 18.1 Å². The van der Waals surface area contributed by atoms with E-state index in [-0.39, 0.29) is 11.9 Å². The highest BCUT2D eigenvalue weighted by Gasteiger charge is 2.30. The van der Waals surface area contributed by atoms with Crippen LogP contribution in [0.25, 0.3) is 0 Å². The molecule has 0 aliphatic carbocycles. The zero-order valence-corrected chi connectivity index (χ0v) is 17.2. The van der Waals surface area contributed by atoms with Crippen LogP contribution in [0.4, 0.5) is 13.2 Å². The average Bonchev–Trinajstić information content (AvgIpc) is 3.20. The summed E-state index contributed by atoms with van der Waals surface area (Å²) in [5.74, 6) is 0.358. The third kappa shape index (κ3) is 5.95. The van der Waals surface area contributed by atoms with Gasteiger partial charge in [-0.25, -0.2) is 0 Å². The predicted molar refractivity (Wildman–Crippen MR) is 110 cm³/mol. The maximum absolute atomic E-state index is 12.8. The van der Waals surface area contributed by atoms with Crippen LogP contribution in [0.3, 0.4) is 0 Å². The minimum Gasteiger partial charge on any atom is -0.359 e. The van der Waals surface area contributed by atoms with E-state index in [0.717, 1.165) is 23.3 Å². The molecule has 2 atom stereocenters. The van der Waals surface area contributed by atoms with Gasteiger partial charge in [-0.3, -0.25) is 10.1 Å². The van der Waals surface area contributed by atoms with Gasteiger partial charge in [0, 0.05) is 13.1 Å². The molecule has 0 saturated carbocycles. The molecule has 0 fully saturated rings. The molecule has 8 heteroatoms. The van der Waals surface area contributed by atoms with Gasteiger partial charge in [0.2, 0.25) is 5.91 Å². The van der Waals surface area contributed by atoms with E-state index in [0.29, 0.717) is 24.3 Å². The second-order valence-corrected chi connectivity index (χ2v) is 7.28. The van der Waals surface area contributed by atoms with E-state index in [2.05, 4.69) is 15.8 Å². The van der Waals surface area contributed by atoms with Gasteiger partial charge in [0.15, 0.2) is 5.76 Å². The normalized spacial score (nSPS) is 13.6. The van der Waals surface area contributed by atoms with Gasteiger partial charge >= 0.3 is 6.18 Å². The highest BCUT2D eigenvalue weighted by molar-refractivity contribution is 5.82. The summed E-state index contributed by atoms with van der Waals surface area (Å²) < 4.78 is 43.8. The van der Waals surface area contributed by atoms with Gasteiger partial charge in [0.25, 0.3) is 0 Å². The first-order chi connectivity index (χ1) is 14.8. The van der Waals surface area contributed by atoms with Crippen molar-refractivity contribution in [3.63, 3.8) is 0 Å². The summed E-state index contributed by atoms with van der Waals surface area (Å²) in [5.41, 5.74) is 1.57. The molecule has 1 heterocycles. The number of aromatic nitrogens is 1. The van der Waals surface area contributed by atoms with Gasteiger partial charge in [0.1, 0.15) is 6.04 Å². The molecule has 0 bridgehead atoms. The summed E-state index contributed by atoms with van der Waals surface area (Å²) in [6.45, 7) is 1.80. The highest BCUT2D eigenvalue weighted by atomic mass is 19.4. The van der Waals surface area contributed by atoms with Crippen LogP contribution in [0.15, 0.2) is 65.2 Å². The number of rotatable bonds is 8. The number of carbonyl (C=O) groups is 1. The van der Waals surface area contributed by atoms with Crippen molar-refractivity contribution in [2.24, 2.45) is 0 Å². The molecule has 0 saturated heterocycles. The molecule has 3 aromatic rings. The number of halogens is 3. The Morgan fingerprint density at radius 1 is 1.10 bits per heavy atom. The van der Waals surface area contributed by atoms with Gasteiger partial charge in [0.05, 0.1) is 17.3 Å². The molecule has 0 aliphatic heterocycles. The van der Waals surface area contributed by atoms with E-state index in [9.17, 15) is 18.0 Å². The summed E-state index contributed by atoms with van der Waals surface area (Å²) >= 11 is 0. The van der Waals surface area contributed by atoms with E-state index in [1.54, 1.807) is 20.0 Å². The zero-order chi connectivity index (χ0) is 22.4. The second-order valence-electron chi connectivity index (χ2n) is 7.28. The van der Waals surface area contributed by atoms with Gasteiger partial charge in [-0.1, -0.05) is 47.6 Å². The highest BCUT2D eigenvalue weighted by Crippen LogP contribution is 2.30. The topological polar surface area (TPSA) is 67.2 Å². The van der Waals surface area contributed by atoms with E-state index < -0.39 is 17.8 Å². The van der Waals surface area contributed by atoms with E-state index >= 15 is 0 Å². The number of carbonyl (C=O) groups excluding carboxylic acids is 1. The fourth-order valence-electron chi connectivity index (χ4n) is 3.34. The first-order valence-electron chi connectivity index (χ1n) is 9.90. The van der Waals surface area contributed by atoms with E-state index in [1.807, 2.05) is 30.3 Å². The Balaban J connectivity index is 1.80. The van der Waals surface area contributed by atoms with Crippen LogP contribution in [0, 0.1) is 6.92 Å². The molecule has 0 aliphatic rings. The molecule has 3 rings (SSSR count). The third-order valence-electron chi connectivity index (χ3n) is 5.00. The van der Waals surface area contributed by atoms with Crippen molar-refractivity contribution in [3.8, 4) is 0 Å². The molecule has 164 valence electrons. The molecule has 0 spiro atoms. The number of nitrogens with zero attached hydrogens (tertiary/aromatic N) is 1. The zero-order valence-electron chi connectivity index (χ0n) is 17.2. The van der Waals surface area contributed by atoms with Crippen molar-refractivity contribution in [1.29, 1.82) is 0 Å². The van der Waals surface area contributed by atoms with Crippen molar-refractivity contribution >= 4 is 5.91 Å². The smallest absolute Gasteiger partial charge is 0.359 e. The molecule has 5 nitrogen and oxygen atoms in total. The van der Waals surface area contributed by atoms with Crippen LogP contribution >= 0.6 is 0 Å². The lowest BCUT2D eigenvalue weighted by molar-refractivity contribution is -0.137. The fraction of sp³-hybridized carbons (Fsp3) is 0.304. The molecule has 31 heavy (non-hydrogen) atoms. The Kier molecular flexibility index (Phi) is 7.12. The summed E-state index contributed by atoms with van der Waals surface area (Å²) in [5, 5.41) is 9.93. The largest absolute Gasteiger partial charge is 0.416 e. The predicted octanol–water partition coefficient (Wildman–Crippen LogP) is 4.75. The van der Waals surface area contributed by atoms with E-state index in [4.69, 9.17) is 4.52 Å². The number of benzene rings is 2. The molecular weight excluding hydrogens is 407 g/mol. The number of alkyl halides is 3. The lowest BCUT2D eigenvalue weighted by Crippen LogP contribution is -2.38. The van der Waals surface area contributed by atoms with Crippen LogP contribution in [-0.2, 0) is 17.4 Å². The first-order valence-corrected chi connectivity index (χ1v) is 9.90. The summed E-state index contributed by atoms with van der Waals surface area (Å²) in [6.07, 6.45) is -3.37. The summed E-state index contributed by atoms with van der Waals surface area (Å²) in [7, 11) is 1.57. The van der Waals surface area contributed by atoms with Crippen LogP contribution in [0.2, 0.25) is 0 Å². The lowest BCUT2D eigenvalue weighted by Gasteiger charge is -2.24. The number of amides is 1. The van der Waals surface area contributed by atoms with E-state index in [1.165, 1.54) is 12.1 Å². The molecule has 2 aromatic carbocycles. The Hall–Kier alpha value is -3.13. The SMILES string of the molecule is CNC(=O)[C@@H](N[C@@H](CCc1ccc(C(F)(F)F)cc1)c1cc(C)no1)c1ccccc1. The van der Waals surface area contributed by atoms with Crippen LogP contribution < -0.4 is 10.6 Å². The monoisotopic (exact) mass is 431 g/mol. The Bertz CT molecular complexity index is 985. The lowest BCUT2D eigenvalue weighted by atomic mass is 9.99.